The standard InChI is InChI=1S/C17H23FO/c1-12-9-15(14-7-8-14)17(10-16(12)18)19-11-13-5-3-2-4-6-13/h9-10,13-14H,2-8,11H2,1H3. The van der Waals surface area contributed by atoms with Gasteiger partial charge in [0.05, 0.1) is 6.61 Å². The highest BCUT2D eigenvalue weighted by Crippen LogP contribution is 2.45. The van der Waals surface area contributed by atoms with Gasteiger partial charge in [-0.2, -0.15) is 0 Å². The molecule has 2 aliphatic carbocycles. The van der Waals surface area contributed by atoms with Crippen molar-refractivity contribution in [2.45, 2.75) is 57.8 Å². The molecular formula is C17H23FO. The average Bonchev–Trinajstić information content (AvgIpc) is 3.25. The van der Waals surface area contributed by atoms with E-state index in [1.807, 2.05) is 13.0 Å². The van der Waals surface area contributed by atoms with Crippen molar-refractivity contribution in [3.8, 4) is 5.75 Å². The Morgan fingerprint density at radius 2 is 1.84 bits per heavy atom. The van der Waals surface area contributed by atoms with E-state index in [9.17, 15) is 4.39 Å². The summed E-state index contributed by atoms with van der Waals surface area (Å²) in [6.45, 7) is 2.61. The maximum absolute atomic E-state index is 13.7. The molecule has 1 aromatic carbocycles. The molecule has 2 fully saturated rings. The third-order valence-corrected chi connectivity index (χ3v) is 4.51. The van der Waals surface area contributed by atoms with Crippen molar-refractivity contribution in [2.75, 3.05) is 6.61 Å². The molecule has 0 bridgehead atoms. The van der Waals surface area contributed by atoms with Crippen molar-refractivity contribution < 1.29 is 9.13 Å². The molecule has 2 heteroatoms. The van der Waals surface area contributed by atoms with Gasteiger partial charge in [0, 0.05) is 6.07 Å². The van der Waals surface area contributed by atoms with E-state index in [-0.39, 0.29) is 5.82 Å². The Kier molecular flexibility index (Phi) is 3.76. The van der Waals surface area contributed by atoms with Gasteiger partial charge in [0.1, 0.15) is 11.6 Å². The van der Waals surface area contributed by atoms with Crippen LogP contribution in [-0.4, -0.2) is 6.61 Å². The summed E-state index contributed by atoms with van der Waals surface area (Å²) in [5.74, 6) is 1.95. The quantitative estimate of drug-likeness (QED) is 0.744. The fraction of sp³-hybridized carbons (Fsp3) is 0.647. The molecule has 0 amide bonds. The Hall–Kier alpha value is -1.05. The third kappa shape index (κ3) is 3.10. The van der Waals surface area contributed by atoms with Crippen LogP contribution in [0, 0.1) is 18.7 Å². The van der Waals surface area contributed by atoms with Gasteiger partial charge in [0.2, 0.25) is 0 Å². The summed E-state index contributed by atoms with van der Waals surface area (Å²) in [5, 5.41) is 0. The smallest absolute Gasteiger partial charge is 0.129 e. The molecule has 0 aliphatic heterocycles. The van der Waals surface area contributed by atoms with Crippen LogP contribution in [0.2, 0.25) is 0 Å². The zero-order valence-electron chi connectivity index (χ0n) is 11.8. The number of hydrogen-bond donors (Lipinski definition) is 0. The van der Waals surface area contributed by atoms with Crippen LogP contribution in [-0.2, 0) is 0 Å². The van der Waals surface area contributed by atoms with E-state index in [1.165, 1.54) is 50.5 Å². The summed E-state index contributed by atoms with van der Waals surface area (Å²) in [7, 11) is 0. The van der Waals surface area contributed by atoms with Gasteiger partial charge in [-0.3, -0.25) is 0 Å². The van der Waals surface area contributed by atoms with Crippen LogP contribution in [0.5, 0.6) is 5.75 Å². The highest BCUT2D eigenvalue weighted by atomic mass is 19.1. The number of ether oxygens (including phenoxy) is 1. The number of halogens is 1. The lowest BCUT2D eigenvalue weighted by Gasteiger charge is -2.22. The summed E-state index contributed by atoms with van der Waals surface area (Å²) in [6.07, 6.45) is 9.01. The van der Waals surface area contributed by atoms with E-state index in [4.69, 9.17) is 4.74 Å². The third-order valence-electron chi connectivity index (χ3n) is 4.51. The molecule has 0 N–H and O–H groups in total. The Labute approximate surface area is 115 Å². The number of aryl methyl sites for hydroxylation is 1. The number of rotatable bonds is 4. The first-order chi connectivity index (χ1) is 9.24. The average molecular weight is 262 g/mol. The van der Waals surface area contributed by atoms with E-state index < -0.39 is 0 Å². The molecule has 0 aromatic heterocycles. The van der Waals surface area contributed by atoms with Crippen molar-refractivity contribution in [2.24, 2.45) is 5.92 Å². The summed E-state index contributed by atoms with van der Waals surface area (Å²) >= 11 is 0. The molecule has 0 heterocycles. The second-order valence-corrected chi connectivity index (χ2v) is 6.23. The van der Waals surface area contributed by atoms with Crippen molar-refractivity contribution in [1.82, 2.24) is 0 Å². The van der Waals surface area contributed by atoms with Gasteiger partial charge in [0.15, 0.2) is 0 Å². The maximum Gasteiger partial charge on any atom is 0.129 e. The van der Waals surface area contributed by atoms with Gasteiger partial charge in [-0.25, -0.2) is 4.39 Å². The lowest BCUT2D eigenvalue weighted by Crippen LogP contribution is -2.16. The highest BCUT2D eigenvalue weighted by molar-refractivity contribution is 5.42. The maximum atomic E-state index is 13.7. The predicted octanol–water partition coefficient (Wildman–Crippen LogP) is 4.97. The van der Waals surface area contributed by atoms with Crippen LogP contribution in [0.1, 0.15) is 62.0 Å². The molecule has 0 saturated heterocycles. The monoisotopic (exact) mass is 262 g/mol. The lowest BCUT2D eigenvalue weighted by atomic mass is 9.90. The number of benzene rings is 1. The minimum Gasteiger partial charge on any atom is -0.493 e. The van der Waals surface area contributed by atoms with Gasteiger partial charge in [0.25, 0.3) is 0 Å². The van der Waals surface area contributed by atoms with Crippen LogP contribution < -0.4 is 4.74 Å². The van der Waals surface area contributed by atoms with Crippen LogP contribution >= 0.6 is 0 Å². The second-order valence-electron chi connectivity index (χ2n) is 6.23. The molecule has 104 valence electrons. The van der Waals surface area contributed by atoms with E-state index in [0.29, 0.717) is 11.8 Å². The van der Waals surface area contributed by atoms with Gasteiger partial charge in [-0.05, 0) is 61.6 Å². The Morgan fingerprint density at radius 3 is 2.53 bits per heavy atom. The first kappa shape index (κ1) is 13.0. The molecule has 3 rings (SSSR count). The number of hydrogen-bond acceptors (Lipinski definition) is 1. The summed E-state index contributed by atoms with van der Waals surface area (Å²) in [6, 6.07) is 3.59. The van der Waals surface area contributed by atoms with E-state index in [0.717, 1.165) is 17.9 Å². The molecule has 1 aromatic rings. The Morgan fingerprint density at radius 1 is 1.11 bits per heavy atom. The molecule has 0 atom stereocenters. The zero-order chi connectivity index (χ0) is 13.2. The van der Waals surface area contributed by atoms with E-state index in [2.05, 4.69) is 0 Å². The fourth-order valence-electron chi connectivity index (χ4n) is 3.09. The van der Waals surface area contributed by atoms with Crippen molar-refractivity contribution in [3.63, 3.8) is 0 Å². The molecular weight excluding hydrogens is 239 g/mol. The van der Waals surface area contributed by atoms with Crippen molar-refractivity contribution in [1.29, 1.82) is 0 Å². The largest absolute Gasteiger partial charge is 0.493 e. The van der Waals surface area contributed by atoms with Crippen LogP contribution in [0.15, 0.2) is 12.1 Å². The first-order valence-electron chi connectivity index (χ1n) is 7.67. The molecule has 1 nitrogen and oxygen atoms in total. The zero-order valence-corrected chi connectivity index (χ0v) is 11.8. The van der Waals surface area contributed by atoms with Gasteiger partial charge >= 0.3 is 0 Å². The molecule has 2 aliphatic rings. The molecule has 0 radical (unpaired) electrons. The lowest BCUT2D eigenvalue weighted by molar-refractivity contribution is 0.207. The summed E-state index contributed by atoms with van der Waals surface area (Å²) in [4.78, 5) is 0. The van der Waals surface area contributed by atoms with E-state index in [1.54, 1.807) is 6.07 Å². The van der Waals surface area contributed by atoms with Crippen molar-refractivity contribution in [3.05, 3.63) is 29.1 Å². The predicted molar refractivity (Wildman–Crippen MR) is 75.2 cm³/mol. The minimum atomic E-state index is -0.136. The van der Waals surface area contributed by atoms with Gasteiger partial charge in [-0.15, -0.1) is 0 Å². The molecule has 2 saturated carbocycles. The normalized spacial score (nSPS) is 20.5. The van der Waals surface area contributed by atoms with Crippen LogP contribution in [0.25, 0.3) is 0 Å². The van der Waals surface area contributed by atoms with Crippen LogP contribution in [0.4, 0.5) is 4.39 Å². The SMILES string of the molecule is Cc1cc(C2CC2)c(OCC2CCCCC2)cc1F. The second kappa shape index (κ2) is 5.52. The van der Waals surface area contributed by atoms with Gasteiger partial charge < -0.3 is 4.74 Å². The summed E-state index contributed by atoms with van der Waals surface area (Å²) in [5.41, 5.74) is 1.97. The Bertz CT molecular complexity index is 445. The minimum absolute atomic E-state index is 0.136. The van der Waals surface area contributed by atoms with Crippen molar-refractivity contribution >= 4 is 0 Å². The molecule has 19 heavy (non-hydrogen) atoms. The topological polar surface area (TPSA) is 9.23 Å². The first-order valence-corrected chi connectivity index (χ1v) is 7.67. The van der Waals surface area contributed by atoms with E-state index >= 15 is 0 Å². The summed E-state index contributed by atoms with van der Waals surface area (Å²) < 4.78 is 19.7. The van der Waals surface area contributed by atoms with Gasteiger partial charge in [-0.1, -0.05) is 19.3 Å². The molecule has 0 spiro atoms. The fourth-order valence-corrected chi connectivity index (χ4v) is 3.09. The Balaban J connectivity index is 1.70. The molecule has 0 unspecified atom stereocenters. The highest BCUT2D eigenvalue weighted by Gasteiger charge is 2.28. The van der Waals surface area contributed by atoms with Crippen LogP contribution in [0.3, 0.4) is 0 Å².